The lowest BCUT2D eigenvalue weighted by molar-refractivity contribution is 0.289. The Labute approximate surface area is 127 Å². The van der Waals surface area contributed by atoms with Gasteiger partial charge in [0.05, 0.1) is 11.0 Å². The zero-order valence-electron chi connectivity index (χ0n) is 9.66. The predicted molar refractivity (Wildman–Crippen MR) is 78.8 cm³/mol. The van der Waals surface area contributed by atoms with E-state index in [2.05, 4.69) is 36.7 Å². The van der Waals surface area contributed by atoms with Gasteiger partial charge in [-0.3, -0.25) is 0 Å². The van der Waals surface area contributed by atoms with E-state index < -0.39 is 5.82 Å². The Kier molecular flexibility index (Phi) is 4.56. The summed E-state index contributed by atoms with van der Waals surface area (Å²) in [4.78, 5) is 3.25. The molecule has 0 aliphatic heterocycles. The van der Waals surface area contributed by atoms with Gasteiger partial charge in [0.2, 0.25) is 5.69 Å². The standard InChI is InChI=1S/C14H8Br2FNO/c1-18-14-10(15)7-11(13(17)12(14)16)19-8-9-5-3-2-4-6-9/h2-7H,8H2. The molecule has 0 aliphatic carbocycles. The fourth-order valence-electron chi connectivity index (χ4n) is 1.51. The average molecular weight is 385 g/mol. The van der Waals surface area contributed by atoms with Gasteiger partial charge in [0.15, 0.2) is 11.6 Å². The van der Waals surface area contributed by atoms with E-state index in [0.29, 0.717) is 4.47 Å². The Morgan fingerprint density at radius 1 is 1.21 bits per heavy atom. The van der Waals surface area contributed by atoms with Crippen LogP contribution in [0.1, 0.15) is 5.56 Å². The van der Waals surface area contributed by atoms with Crippen molar-refractivity contribution < 1.29 is 9.13 Å². The van der Waals surface area contributed by atoms with E-state index in [1.807, 2.05) is 30.3 Å². The summed E-state index contributed by atoms with van der Waals surface area (Å²) in [5.74, 6) is -0.458. The van der Waals surface area contributed by atoms with Crippen LogP contribution in [0.4, 0.5) is 10.1 Å². The molecule has 0 bridgehead atoms. The van der Waals surface area contributed by atoms with Crippen molar-refractivity contribution in [2.75, 3.05) is 0 Å². The van der Waals surface area contributed by atoms with Gasteiger partial charge in [-0.2, -0.15) is 0 Å². The van der Waals surface area contributed by atoms with E-state index in [1.165, 1.54) is 6.07 Å². The van der Waals surface area contributed by atoms with Gasteiger partial charge in [-0.25, -0.2) is 9.24 Å². The van der Waals surface area contributed by atoms with Crippen LogP contribution in [0.25, 0.3) is 4.85 Å². The molecule has 0 aliphatic rings. The van der Waals surface area contributed by atoms with Crippen LogP contribution >= 0.6 is 31.9 Å². The van der Waals surface area contributed by atoms with E-state index in [4.69, 9.17) is 11.3 Å². The first-order chi connectivity index (χ1) is 9.13. The van der Waals surface area contributed by atoms with Gasteiger partial charge in [0, 0.05) is 4.47 Å². The minimum Gasteiger partial charge on any atom is -0.486 e. The maximum Gasteiger partial charge on any atom is 0.218 e. The molecule has 0 atom stereocenters. The molecular weight excluding hydrogens is 377 g/mol. The highest BCUT2D eigenvalue weighted by atomic mass is 79.9. The first-order valence-electron chi connectivity index (χ1n) is 5.35. The lowest BCUT2D eigenvalue weighted by atomic mass is 10.2. The van der Waals surface area contributed by atoms with Gasteiger partial charge in [0.1, 0.15) is 6.61 Å². The smallest absolute Gasteiger partial charge is 0.218 e. The van der Waals surface area contributed by atoms with Crippen LogP contribution in [-0.4, -0.2) is 0 Å². The first kappa shape index (κ1) is 14.0. The summed E-state index contributed by atoms with van der Waals surface area (Å²) >= 11 is 6.30. The van der Waals surface area contributed by atoms with Crippen LogP contribution < -0.4 is 4.74 Å². The van der Waals surface area contributed by atoms with Gasteiger partial charge < -0.3 is 4.74 Å². The molecule has 2 nitrogen and oxygen atoms in total. The lowest BCUT2D eigenvalue weighted by Gasteiger charge is -2.10. The van der Waals surface area contributed by atoms with E-state index >= 15 is 0 Å². The number of nitrogens with zero attached hydrogens (tertiary/aromatic N) is 1. The van der Waals surface area contributed by atoms with Crippen LogP contribution in [0.3, 0.4) is 0 Å². The van der Waals surface area contributed by atoms with Crippen LogP contribution in [0.2, 0.25) is 0 Å². The summed E-state index contributed by atoms with van der Waals surface area (Å²) in [5, 5.41) is 0. The van der Waals surface area contributed by atoms with Crippen LogP contribution in [-0.2, 0) is 6.61 Å². The van der Waals surface area contributed by atoms with E-state index in [-0.39, 0.29) is 22.5 Å². The molecule has 0 fully saturated rings. The third kappa shape index (κ3) is 3.14. The van der Waals surface area contributed by atoms with E-state index in [0.717, 1.165) is 5.56 Å². The fourth-order valence-corrected chi connectivity index (χ4v) is 2.77. The average Bonchev–Trinajstić information content (AvgIpc) is 2.43. The Balaban J connectivity index is 2.25. The highest BCUT2D eigenvalue weighted by molar-refractivity contribution is 9.11. The first-order valence-corrected chi connectivity index (χ1v) is 6.93. The van der Waals surface area contributed by atoms with Gasteiger partial charge >= 0.3 is 0 Å². The summed E-state index contributed by atoms with van der Waals surface area (Å²) in [5.41, 5.74) is 1.15. The molecule has 0 spiro atoms. The summed E-state index contributed by atoms with van der Waals surface area (Å²) in [7, 11) is 0. The minimum atomic E-state index is -0.565. The molecule has 5 heteroatoms. The van der Waals surface area contributed by atoms with E-state index in [9.17, 15) is 4.39 Å². The zero-order chi connectivity index (χ0) is 13.8. The number of rotatable bonds is 3. The summed E-state index contributed by atoms with van der Waals surface area (Å²) in [6.45, 7) is 7.26. The molecule has 0 amide bonds. The predicted octanol–water partition coefficient (Wildman–Crippen LogP) is 5.48. The molecule has 0 saturated heterocycles. The molecule has 0 saturated carbocycles. The zero-order valence-corrected chi connectivity index (χ0v) is 12.8. The molecule has 0 N–H and O–H groups in total. The van der Waals surface area contributed by atoms with Gasteiger partial charge in [0.25, 0.3) is 0 Å². The molecule has 0 radical (unpaired) electrons. The maximum atomic E-state index is 14.0. The third-order valence-corrected chi connectivity index (χ3v) is 3.78. The number of benzene rings is 2. The second-order valence-electron chi connectivity index (χ2n) is 3.72. The third-order valence-electron chi connectivity index (χ3n) is 2.45. The van der Waals surface area contributed by atoms with E-state index in [1.54, 1.807) is 0 Å². The largest absolute Gasteiger partial charge is 0.486 e. The van der Waals surface area contributed by atoms with Crippen molar-refractivity contribution in [3.8, 4) is 5.75 Å². The SMILES string of the molecule is [C-]#[N+]c1c(Br)cc(OCc2ccccc2)c(F)c1Br. The summed E-state index contributed by atoms with van der Waals surface area (Å²) in [6, 6.07) is 11.0. The highest BCUT2D eigenvalue weighted by Crippen LogP contribution is 2.40. The van der Waals surface area contributed by atoms with Gasteiger partial charge in [-0.1, -0.05) is 62.2 Å². The second-order valence-corrected chi connectivity index (χ2v) is 5.37. The van der Waals surface area contributed by atoms with Gasteiger partial charge in [-0.05, 0) is 11.6 Å². The van der Waals surface area contributed by atoms with Crippen molar-refractivity contribution in [2.45, 2.75) is 6.61 Å². The highest BCUT2D eigenvalue weighted by Gasteiger charge is 2.16. The summed E-state index contributed by atoms with van der Waals surface area (Å²) < 4.78 is 20.1. The lowest BCUT2D eigenvalue weighted by Crippen LogP contribution is -1.98. The monoisotopic (exact) mass is 383 g/mol. The summed E-state index contributed by atoms with van der Waals surface area (Å²) in [6.07, 6.45) is 0. The fraction of sp³-hybridized carbons (Fsp3) is 0.0714. The Bertz CT molecular complexity index is 638. The molecular formula is C14H8Br2FNO. The van der Waals surface area contributed by atoms with Crippen molar-refractivity contribution in [3.63, 3.8) is 0 Å². The van der Waals surface area contributed by atoms with Crippen molar-refractivity contribution in [1.29, 1.82) is 0 Å². The van der Waals surface area contributed by atoms with Gasteiger partial charge in [-0.15, -0.1) is 0 Å². The van der Waals surface area contributed by atoms with Crippen molar-refractivity contribution in [2.24, 2.45) is 0 Å². The topological polar surface area (TPSA) is 13.6 Å². The molecule has 19 heavy (non-hydrogen) atoms. The maximum absolute atomic E-state index is 14.0. The Morgan fingerprint density at radius 2 is 1.89 bits per heavy atom. The molecule has 2 aromatic carbocycles. The molecule has 2 aromatic rings. The minimum absolute atomic E-state index is 0.106. The number of ether oxygens (including phenoxy) is 1. The van der Waals surface area contributed by atoms with Crippen LogP contribution in [0, 0.1) is 12.4 Å². The molecule has 2 rings (SSSR count). The number of hydrogen-bond acceptors (Lipinski definition) is 1. The normalized spacial score (nSPS) is 10.0. The Morgan fingerprint density at radius 3 is 2.53 bits per heavy atom. The number of hydrogen-bond donors (Lipinski definition) is 0. The van der Waals surface area contributed by atoms with Crippen molar-refractivity contribution in [1.82, 2.24) is 0 Å². The molecule has 0 unspecified atom stereocenters. The quantitative estimate of drug-likeness (QED) is 0.504. The van der Waals surface area contributed by atoms with Crippen LogP contribution in [0.15, 0.2) is 45.3 Å². The van der Waals surface area contributed by atoms with Crippen molar-refractivity contribution >= 4 is 37.5 Å². The molecule has 0 heterocycles. The molecule has 0 aromatic heterocycles. The van der Waals surface area contributed by atoms with Crippen LogP contribution in [0.5, 0.6) is 5.75 Å². The van der Waals surface area contributed by atoms with Crippen molar-refractivity contribution in [3.05, 3.63) is 68.1 Å². The molecule has 96 valence electrons. The number of halogens is 3. The Hall–Kier alpha value is -1.38. The second kappa shape index (κ2) is 6.18.